The zero-order valence-electron chi connectivity index (χ0n) is 32.7. The summed E-state index contributed by atoms with van der Waals surface area (Å²) in [6, 6.07) is 3.82. The molecule has 0 bridgehead atoms. The Morgan fingerprint density at radius 3 is 1.57 bits per heavy atom. The molecule has 3 N–H and O–H groups in total. The number of β-lactam (4-membered cyclic amide) rings is 2. The summed E-state index contributed by atoms with van der Waals surface area (Å²) in [5.74, 6) is -3.63. The van der Waals surface area contributed by atoms with E-state index in [0.717, 1.165) is 33.3 Å². The molecule has 0 aromatic carbocycles. The number of nitrogens with zero attached hydrogens (tertiary/aromatic N) is 12. The van der Waals surface area contributed by atoms with Gasteiger partial charge in [0.15, 0.2) is 0 Å². The number of carboxylic acid groups (broad SMARTS) is 2. The molecule has 4 aliphatic heterocycles. The van der Waals surface area contributed by atoms with Crippen LogP contribution in [0.2, 0.25) is 0 Å². The molecular formula is C30H33N14NaO10S6. The van der Waals surface area contributed by atoms with Gasteiger partial charge in [0.1, 0.15) is 16.4 Å². The molecule has 0 saturated carbocycles. The Bertz CT molecular complexity index is 2050. The van der Waals surface area contributed by atoms with Gasteiger partial charge in [-0.25, -0.2) is 14.2 Å². The van der Waals surface area contributed by atoms with Crippen LogP contribution in [-0.4, -0.2) is 173 Å². The van der Waals surface area contributed by atoms with Crippen molar-refractivity contribution in [1.29, 1.82) is 10.5 Å². The second-order valence-electron chi connectivity index (χ2n) is 12.2. The number of methoxy groups -OCH3 is 2. The Kier molecular flexibility index (Phi) is 18.2. The van der Waals surface area contributed by atoms with Crippen molar-refractivity contribution < 1.29 is 78.0 Å². The molecule has 4 amide bonds. The number of aryl methyl sites for hydroxylation is 2. The summed E-state index contributed by atoms with van der Waals surface area (Å²) >= 11 is 7.27. The summed E-state index contributed by atoms with van der Waals surface area (Å²) in [5, 5.41) is 65.6. The third-order valence-corrected chi connectivity index (χ3v) is 15.2. The number of ether oxygens (including phenoxy) is 2. The number of amides is 4. The number of nitrogens with one attached hydrogen (secondary N) is 2. The minimum atomic E-state index is -1.66. The Labute approximate surface area is 394 Å². The van der Waals surface area contributed by atoms with Gasteiger partial charge >= 0.3 is 35.5 Å². The van der Waals surface area contributed by atoms with Crippen LogP contribution in [0.3, 0.4) is 0 Å². The predicted octanol–water partition coefficient (Wildman–Crippen LogP) is -5.79. The maximum Gasteiger partial charge on any atom is 1.00 e. The molecule has 31 heteroatoms. The van der Waals surface area contributed by atoms with Gasteiger partial charge in [0.05, 0.1) is 46.8 Å². The summed E-state index contributed by atoms with van der Waals surface area (Å²) in [4.78, 5) is 76.2. The van der Waals surface area contributed by atoms with Crippen LogP contribution in [0.15, 0.2) is 32.9 Å². The Hall–Kier alpha value is -3.56. The van der Waals surface area contributed by atoms with E-state index in [-0.39, 0.29) is 75.5 Å². The van der Waals surface area contributed by atoms with Gasteiger partial charge in [-0.05, 0) is 32.0 Å². The largest absolute Gasteiger partial charge is 1.00 e. The summed E-state index contributed by atoms with van der Waals surface area (Å²) in [6.45, 7) is 0. The monoisotopic (exact) mass is 964 g/mol. The van der Waals surface area contributed by atoms with E-state index in [0.29, 0.717) is 33.0 Å². The Morgan fingerprint density at radius 2 is 1.23 bits per heavy atom. The van der Waals surface area contributed by atoms with Gasteiger partial charge in [-0.15, -0.1) is 57.2 Å². The maximum absolute atomic E-state index is 12.9. The molecule has 320 valence electrons. The van der Waals surface area contributed by atoms with E-state index in [2.05, 4.69) is 41.7 Å². The average Bonchev–Trinajstić information content (AvgIpc) is 3.85. The molecule has 2 aromatic rings. The molecule has 2 saturated heterocycles. The first-order valence-corrected chi connectivity index (χ1v) is 23.2. The van der Waals surface area contributed by atoms with Crippen molar-refractivity contribution in [1.82, 2.24) is 60.8 Å². The molecule has 0 aliphatic carbocycles. The number of nitriles is 2. The van der Waals surface area contributed by atoms with Gasteiger partial charge in [0.2, 0.25) is 22.1 Å². The van der Waals surface area contributed by atoms with Gasteiger partial charge in [-0.1, -0.05) is 23.5 Å². The van der Waals surface area contributed by atoms with Crippen molar-refractivity contribution >= 4 is 106 Å². The molecule has 6 heterocycles. The van der Waals surface area contributed by atoms with E-state index in [1.807, 2.05) is 12.1 Å². The van der Waals surface area contributed by atoms with Crippen LogP contribution in [0, 0.1) is 22.7 Å². The number of carbonyl (C=O) groups excluding carboxylic acids is 5. The summed E-state index contributed by atoms with van der Waals surface area (Å²) in [5.41, 5.74) is -2.62. The van der Waals surface area contributed by atoms with Gasteiger partial charge in [-0.3, -0.25) is 29.0 Å². The first-order valence-electron chi connectivity index (χ1n) is 16.8. The van der Waals surface area contributed by atoms with E-state index >= 15 is 0 Å². The van der Waals surface area contributed by atoms with Crippen molar-refractivity contribution in [2.24, 2.45) is 14.1 Å². The van der Waals surface area contributed by atoms with Crippen LogP contribution in [-0.2, 0) is 52.3 Å². The van der Waals surface area contributed by atoms with Crippen LogP contribution in [0.5, 0.6) is 0 Å². The molecule has 2 fully saturated rings. The molecule has 2 aromatic heterocycles. The van der Waals surface area contributed by atoms with Crippen molar-refractivity contribution in [3.8, 4) is 12.1 Å². The minimum Gasteiger partial charge on any atom is -0.543 e. The topological polar surface area (TPSA) is 329 Å². The maximum atomic E-state index is 12.9. The van der Waals surface area contributed by atoms with Gasteiger partial charge < -0.3 is 35.1 Å². The second kappa shape index (κ2) is 22.2. The molecule has 6 rings (SSSR count). The van der Waals surface area contributed by atoms with E-state index in [4.69, 9.17) is 20.0 Å². The molecule has 61 heavy (non-hydrogen) atoms. The zero-order chi connectivity index (χ0) is 43.8. The number of thioether (sulfide) groups is 6. The number of tetrazole rings is 2. The fourth-order valence-electron chi connectivity index (χ4n) is 5.95. The second-order valence-corrected chi connectivity index (χ2v) is 18.2. The van der Waals surface area contributed by atoms with E-state index in [9.17, 15) is 39.0 Å². The van der Waals surface area contributed by atoms with Crippen LogP contribution in [0.1, 0.15) is 0 Å². The quantitative estimate of drug-likeness (QED) is 0.0412. The molecule has 0 spiro atoms. The van der Waals surface area contributed by atoms with Crippen LogP contribution >= 0.6 is 70.6 Å². The fourth-order valence-corrected chi connectivity index (χ4v) is 11.7. The zero-order valence-corrected chi connectivity index (χ0v) is 39.6. The van der Waals surface area contributed by atoms with Crippen molar-refractivity contribution in [2.75, 3.05) is 60.2 Å². The third-order valence-electron chi connectivity index (χ3n) is 8.62. The molecule has 4 atom stereocenters. The van der Waals surface area contributed by atoms with Crippen LogP contribution in [0.4, 0.5) is 0 Å². The molecule has 0 radical (unpaired) electrons. The number of carbonyl (C=O) groups is 6. The fraction of sp³-hybridized carbons (Fsp3) is 0.533. The van der Waals surface area contributed by atoms with Gasteiger partial charge in [0.25, 0.3) is 23.3 Å². The Morgan fingerprint density at radius 1 is 0.820 bits per heavy atom. The number of hydrogen-bond donors (Lipinski definition) is 3. The van der Waals surface area contributed by atoms with E-state index in [1.54, 1.807) is 14.1 Å². The first kappa shape index (κ1) is 50.1. The normalized spacial score (nSPS) is 22.5. The van der Waals surface area contributed by atoms with Crippen LogP contribution < -0.4 is 45.3 Å². The minimum absolute atomic E-state index is 0. The number of aromatic nitrogens is 8. The average molecular weight is 965 g/mol. The summed E-state index contributed by atoms with van der Waals surface area (Å²) < 4.78 is 13.6. The predicted molar refractivity (Wildman–Crippen MR) is 214 cm³/mol. The third kappa shape index (κ3) is 10.5. The van der Waals surface area contributed by atoms with Gasteiger partial charge in [-0.2, -0.15) is 10.5 Å². The van der Waals surface area contributed by atoms with Crippen molar-refractivity contribution in [3.63, 3.8) is 0 Å². The number of fused-ring (bicyclic) bond motifs is 2. The summed E-state index contributed by atoms with van der Waals surface area (Å²) in [6.07, 6.45) is 0. The van der Waals surface area contributed by atoms with Crippen molar-refractivity contribution in [2.45, 2.75) is 32.5 Å². The summed E-state index contributed by atoms with van der Waals surface area (Å²) in [7, 11) is 5.89. The standard InChI is InChI=1S/2C15H17N7O5S3.Na/c2*1-21-14(18-19-20-21)30-6-8-5-29-13-15(27-2,17-9(23)7-28-4-3-16)12(26)22(13)10(8)11(24)25;/h2*13H,4-7H2,1-2H3,(H,17,23)(H,24,25);/q;;+1/p-1/t2*13-,15+;/m11./s1. The first-order chi connectivity index (χ1) is 28.7. The van der Waals surface area contributed by atoms with Crippen LogP contribution in [0.25, 0.3) is 0 Å². The number of rotatable bonds is 18. The SMILES string of the molecule is CO[C@@]1(NC(=O)CSCC#N)C(=O)N2C(C(=O)O)=C(CSc3nnnn3C)CS[C@@H]21.CO[C@@]1(NC(=O)CSCC#N)C(=O)N2C(C(=O)[O-])=C(CSc3nnnn3C)CS[C@@H]21.[Na+]. The molecular weight excluding hydrogens is 932 g/mol. The Balaban J connectivity index is 0.000000264. The number of hydrogen-bond acceptors (Lipinski definition) is 23. The van der Waals surface area contributed by atoms with Crippen molar-refractivity contribution in [3.05, 3.63) is 22.5 Å². The smallest absolute Gasteiger partial charge is 0.543 e. The van der Waals surface area contributed by atoms with E-state index in [1.165, 1.54) is 70.6 Å². The number of carboxylic acids is 2. The molecule has 24 nitrogen and oxygen atoms in total. The van der Waals surface area contributed by atoms with Gasteiger partial charge in [0, 0.05) is 51.3 Å². The number of aliphatic carboxylic acids is 2. The molecule has 4 aliphatic rings. The molecule has 0 unspecified atom stereocenters. The van der Waals surface area contributed by atoms with E-state index < -0.39 is 57.8 Å².